The third-order valence-corrected chi connectivity index (χ3v) is 4.94. The molecule has 9 heteroatoms. The molecule has 0 spiro atoms. The highest BCUT2D eigenvalue weighted by Gasteiger charge is 2.21. The van der Waals surface area contributed by atoms with Crippen molar-refractivity contribution in [2.45, 2.75) is 18.7 Å². The third kappa shape index (κ3) is 3.94. The van der Waals surface area contributed by atoms with E-state index in [1.165, 1.54) is 44.4 Å². The van der Waals surface area contributed by atoms with Crippen molar-refractivity contribution in [1.82, 2.24) is 0 Å². The van der Waals surface area contributed by atoms with Gasteiger partial charge in [-0.15, -0.1) is 0 Å². The van der Waals surface area contributed by atoms with E-state index in [-0.39, 0.29) is 21.8 Å². The van der Waals surface area contributed by atoms with Gasteiger partial charge in [0.05, 0.1) is 28.2 Å². The fourth-order valence-electron chi connectivity index (χ4n) is 2.18. The summed E-state index contributed by atoms with van der Waals surface area (Å²) in [6.07, 6.45) is 0. The molecule has 0 radical (unpaired) electrons. The van der Waals surface area contributed by atoms with Crippen LogP contribution in [-0.4, -0.2) is 26.4 Å². The first-order chi connectivity index (χ1) is 11.7. The maximum Gasteiger partial charge on any atom is 0.337 e. The number of carbonyl (C=O) groups excluding carboxylic acids is 1. The number of hydrogen-bond donors (Lipinski definition) is 1. The van der Waals surface area contributed by atoms with E-state index in [1.54, 1.807) is 6.92 Å². The zero-order valence-corrected chi connectivity index (χ0v) is 14.6. The predicted octanol–water partition coefficient (Wildman–Crippen LogP) is 2.80. The second kappa shape index (κ2) is 6.89. The number of methoxy groups -OCH3 is 1. The van der Waals surface area contributed by atoms with E-state index in [1.807, 2.05) is 0 Å². The zero-order chi connectivity index (χ0) is 18.8. The van der Waals surface area contributed by atoms with E-state index < -0.39 is 20.9 Å². The van der Waals surface area contributed by atoms with Gasteiger partial charge in [-0.25, -0.2) is 13.2 Å². The Balaban J connectivity index is 2.38. The minimum Gasteiger partial charge on any atom is -0.465 e. The molecule has 0 atom stereocenters. The molecule has 0 heterocycles. The third-order valence-electron chi connectivity index (χ3n) is 3.58. The number of benzene rings is 2. The molecule has 0 unspecified atom stereocenters. The van der Waals surface area contributed by atoms with Crippen LogP contribution in [0.25, 0.3) is 0 Å². The molecular weight excluding hydrogens is 348 g/mol. The molecule has 0 saturated heterocycles. The Kier molecular flexibility index (Phi) is 5.07. The number of aryl methyl sites for hydroxylation is 2. The summed E-state index contributed by atoms with van der Waals surface area (Å²) < 4.78 is 32.0. The van der Waals surface area contributed by atoms with E-state index in [0.29, 0.717) is 11.1 Å². The maximum absolute atomic E-state index is 12.5. The lowest BCUT2D eigenvalue weighted by atomic mass is 10.1. The van der Waals surface area contributed by atoms with Crippen LogP contribution < -0.4 is 4.72 Å². The molecule has 0 bridgehead atoms. The second-order valence-corrected chi connectivity index (χ2v) is 7.01. The van der Waals surface area contributed by atoms with Gasteiger partial charge >= 0.3 is 5.97 Å². The number of nitrogens with one attached hydrogen (secondary N) is 1. The first kappa shape index (κ1) is 18.4. The minimum atomic E-state index is -4.02. The second-order valence-electron chi connectivity index (χ2n) is 5.33. The Morgan fingerprint density at radius 2 is 1.80 bits per heavy atom. The van der Waals surface area contributed by atoms with Crippen LogP contribution in [0.5, 0.6) is 0 Å². The highest BCUT2D eigenvalue weighted by Crippen LogP contribution is 2.25. The lowest BCUT2D eigenvalue weighted by molar-refractivity contribution is -0.385. The summed E-state index contributed by atoms with van der Waals surface area (Å²) in [4.78, 5) is 21.6. The highest BCUT2D eigenvalue weighted by molar-refractivity contribution is 7.92. The fourth-order valence-corrected chi connectivity index (χ4v) is 3.33. The van der Waals surface area contributed by atoms with E-state index >= 15 is 0 Å². The first-order valence-electron chi connectivity index (χ1n) is 7.12. The zero-order valence-electron chi connectivity index (χ0n) is 13.8. The summed E-state index contributed by atoms with van der Waals surface area (Å²) in [5.74, 6) is -0.535. The molecule has 0 aromatic heterocycles. The van der Waals surface area contributed by atoms with Crippen LogP contribution in [0.15, 0.2) is 41.3 Å². The molecule has 132 valence electrons. The number of rotatable bonds is 5. The van der Waals surface area contributed by atoms with E-state index in [9.17, 15) is 23.3 Å². The largest absolute Gasteiger partial charge is 0.465 e. The van der Waals surface area contributed by atoms with Crippen molar-refractivity contribution in [2.24, 2.45) is 0 Å². The molecule has 8 nitrogen and oxygen atoms in total. The topological polar surface area (TPSA) is 116 Å². The number of nitrogens with zero attached hydrogens (tertiary/aromatic N) is 1. The Labute approximate surface area is 144 Å². The molecule has 0 aliphatic rings. The molecule has 0 saturated carbocycles. The lowest BCUT2D eigenvalue weighted by Crippen LogP contribution is -2.14. The number of esters is 1. The van der Waals surface area contributed by atoms with Crippen LogP contribution in [0.3, 0.4) is 0 Å². The Morgan fingerprint density at radius 1 is 1.12 bits per heavy atom. The van der Waals surface area contributed by atoms with E-state index in [4.69, 9.17) is 0 Å². The van der Waals surface area contributed by atoms with Crippen LogP contribution >= 0.6 is 0 Å². The quantitative estimate of drug-likeness (QED) is 0.495. The normalized spacial score (nSPS) is 11.0. The summed E-state index contributed by atoms with van der Waals surface area (Å²) in [6.45, 7) is 3.15. The van der Waals surface area contributed by atoms with Gasteiger partial charge in [-0.3, -0.25) is 14.8 Å². The predicted molar refractivity (Wildman–Crippen MR) is 91.2 cm³/mol. The van der Waals surface area contributed by atoms with Crippen LogP contribution in [-0.2, 0) is 14.8 Å². The van der Waals surface area contributed by atoms with Crippen LogP contribution in [0, 0.1) is 24.0 Å². The van der Waals surface area contributed by atoms with E-state index in [0.717, 1.165) is 6.07 Å². The van der Waals surface area contributed by atoms with Crippen molar-refractivity contribution in [3.63, 3.8) is 0 Å². The Morgan fingerprint density at radius 3 is 2.36 bits per heavy atom. The standard InChI is InChI=1S/C16H16N2O6S/c1-10-4-6-13(9-15(10)18(20)21)25(22,23)17-14-7-5-12(8-11(14)2)16(19)24-3/h4-9,17H,1-3H3. The minimum absolute atomic E-state index is 0.221. The SMILES string of the molecule is COC(=O)c1ccc(NS(=O)(=O)c2ccc(C)c([N+](=O)[O-])c2)c(C)c1. The van der Waals surface area contributed by atoms with Crippen LogP contribution in [0.1, 0.15) is 21.5 Å². The van der Waals surface area contributed by atoms with Gasteiger partial charge in [0.1, 0.15) is 0 Å². The van der Waals surface area contributed by atoms with Gasteiger partial charge in [0.2, 0.25) is 0 Å². The van der Waals surface area contributed by atoms with E-state index in [2.05, 4.69) is 9.46 Å². The number of hydrogen-bond acceptors (Lipinski definition) is 6. The summed E-state index contributed by atoms with van der Waals surface area (Å²) >= 11 is 0. The molecule has 2 rings (SSSR count). The van der Waals surface area contributed by atoms with Crippen molar-refractivity contribution in [3.05, 3.63) is 63.2 Å². The number of anilines is 1. The molecule has 2 aromatic carbocycles. The van der Waals surface area contributed by atoms with Gasteiger partial charge in [-0.1, -0.05) is 6.07 Å². The smallest absolute Gasteiger partial charge is 0.337 e. The van der Waals surface area contributed by atoms with Gasteiger partial charge in [-0.05, 0) is 43.7 Å². The monoisotopic (exact) mass is 364 g/mol. The molecular formula is C16H16N2O6S. The number of carbonyl (C=O) groups is 1. The molecule has 2 aromatic rings. The molecule has 25 heavy (non-hydrogen) atoms. The van der Waals surface area contributed by atoms with Gasteiger partial charge < -0.3 is 4.74 Å². The molecule has 0 amide bonds. The van der Waals surface area contributed by atoms with Gasteiger partial charge in [0, 0.05) is 11.6 Å². The average Bonchev–Trinajstić information content (AvgIpc) is 2.55. The van der Waals surface area contributed by atoms with Crippen molar-refractivity contribution in [1.29, 1.82) is 0 Å². The maximum atomic E-state index is 12.5. The van der Waals surface area contributed by atoms with Crippen molar-refractivity contribution < 1.29 is 22.9 Å². The average molecular weight is 364 g/mol. The number of ether oxygens (including phenoxy) is 1. The van der Waals surface area contributed by atoms with Crippen LogP contribution in [0.2, 0.25) is 0 Å². The molecule has 1 N–H and O–H groups in total. The Hall–Kier alpha value is -2.94. The Bertz CT molecular complexity index is 953. The summed E-state index contributed by atoms with van der Waals surface area (Å²) in [5.41, 5.74) is 1.14. The highest BCUT2D eigenvalue weighted by atomic mass is 32.2. The van der Waals surface area contributed by atoms with Crippen molar-refractivity contribution >= 4 is 27.4 Å². The molecule has 0 fully saturated rings. The van der Waals surface area contributed by atoms with Gasteiger partial charge in [0.25, 0.3) is 15.7 Å². The van der Waals surface area contributed by atoms with Crippen molar-refractivity contribution in [2.75, 3.05) is 11.8 Å². The number of sulfonamides is 1. The first-order valence-corrected chi connectivity index (χ1v) is 8.61. The summed E-state index contributed by atoms with van der Waals surface area (Å²) in [6, 6.07) is 8.02. The van der Waals surface area contributed by atoms with Crippen LogP contribution in [0.4, 0.5) is 11.4 Å². The molecule has 0 aliphatic carbocycles. The van der Waals surface area contributed by atoms with Gasteiger partial charge in [0.15, 0.2) is 0 Å². The number of nitro groups is 1. The fraction of sp³-hybridized carbons (Fsp3) is 0.188. The lowest BCUT2D eigenvalue weighted by Gasteiger charge is -2.12. The molecule has 0 aliphatic heterocycles. The van der Waals surface area contributed by atoms with Gasteiger partial charge in [-0.2, -0.15) is 0 Å². The number of nitro benzene ring substituents is 1. The summed E-state index contributed by atoms with van der Waals surface area (Å²) in [7, 11) is -2.77. The van der Waals surface area contributed by atoms with Crippen molar-refractivity contribution in [3.8, 4) is 0 Å². The summed E-state index contributed by atoms with van der Waals surface area (Å²) in [5, 5.41) is 11.0.